The fourth-order valence-corrected chi connectivity index (χ4v) is 2.91. The van der Waals surface area contributed by atoms with Gasteiger partial charge < -0.3 is 16.4 Å². The number of hydrogen-bond acceptors (Lipinski definition) is 5. The van der Waals surface area contributed by atoms with Crippen LogP contribution in [-0.2, 0) is 0 Å². The van der Waals surface area contributed by atoms with Crippen LogP contribution in [0.5, 0.6) is 0 Å². The fraction of sp³-hybridized carbons (Fsp3) is 0.733. The lowest BCUT2D eigenvalue weighted by Crippen LogP contribution is -2.31. The monoisotopic (exact) mass is 312 g/mol. The topological polar surface area (TPSA) is 80.0 Å². The van der Waals surface area contributed by atoms with Crippen LogP contribution in [0.1, 0.15) is 64.2 Å². The zero-order chi connectivity index (χ0) is 16.0. The first-order valence-corrected chi connectivity index (χ1v) is 8.41. The molecule has 21 heavy (non-hydrogen) atoms. The van der Waals surface area contributed by atoms with Gasteiger partial charge in [-0.05, 0) is 44.6 Å². The molecule has 1 rings (SSSR count). The van der Waals surface area contributed by atoms with Gasteiger partial charge in [-0.2, -0.15) is 4.37 Å². The number of nitrogens with zero attached hydrogens (tertiary/aromatic N) is 1. The molecule has 6 heteroatoms. The average molecular weight is 312 g/mol. The molecule has 0 aromatic carbocycles. The second-order valence-corrected chi connectivity index (χ2v) is 7.04. The van der Waals surface area contributed by atoms with Gasteiger partial charge in [0, 0.05) is 12.1 Å². The predicted octanol–water partition coefficient (Wildman–Crippen LogP) is 3.49. The van der Waals surface area contributed by atoms with Crippen molar-refractivity contribution in [2.45, 2.75) is 66.0 Å². The van der Waals surface area contributed by atoms with Crippen molar-refractivity contribution < 1.29 is 4.79 Å². The molecule has 1 heterocycles. The smallest absolute Gasteiger partial charge is 0.258 e. The van der Waals surface area contributed by atoms with Gasteiger partial charge in [0.15, 0.2) is 5.82 Å². The number of aromatic nitrogens is 1. The Bertz CT molecular complexity index is 457. The Hall–Kier alpha value is -1.30. The lowest BCUT2D eigenvalue weighted by atomic mass is 10.0. The SMILES string of the molecule is CC(C)CCCC(C)Nc1snc(N)c1C(=O)NC(C)C. The van der Waals surface area contributed by atoms with Crippen molar-refractivity contribution in [3.8, 4) is 0 Å². The zero-order valence-corrected chi connectivity index (χ0v) is 14.5. The van der Waals surface area contributed by atoms with Crippen LogP contribution in [0, 0.1) is 5.92 Å². The quantitative estimate of drug-likeness (QED) is 0.686. The van der Waals surface area contributed by atoms with E-state index in [4.69, 9.17) is 5.73 Å². The summed E-state index contributed by atoms with van der Waals surface area (Å²) in [6.45, 7) is 10.4. The van der Waals surface area contributed by atoms with Crippen LogP contribution in [0.4, 0.5) is 10.8 Å². The summed E-state index contributed by atoms with van der Waals surface area (Å²) in [4.78, 5) is 12.2. The summed E-state index contributed by atoms with van der Waals surface area (Å²) in [6, 6.07) is 0.377. The third kappa shape index (κ3) is 5.91. The van der Waals surface area contributed by atoms with Gasteiger partial charge in [0.05, 0.1) is 0 Å². The number of carbonyl (C=O) groups is 1. The summed E-state index contributed by atoms with van der Waals surface area (Å²) in [5.41, 5.74) is 6.31. The average Bonchev–Trinajstić information content (AvgIpc) is 2.68. The molecule has 120 valence electrons. The van der Waals surface area contributed by atoms with E-state index in [9.17, 15) is 4.79 Å². The van der Waals surface area contributed by atoms with Crippen molar-refractivity contribution in [1.29, 1.82) is 0 Å². The Kier molecular flexibility index (Phi) is 6.95. The van der Waals surface area contributed by atoms with E-state index in [-0.39, 0.29) is 11.9 Å². The number of nitrogens with one attached hydrogen (secondary N) is 2. The summed E-state index contributed by atoms with van der Waals surface area (Å²) in [6.07, 6.45) is 3.46. The van der Waals surface area contributed by atoms with Crippen molar-refractivity contribution in [3.63, 3.8) is 0 Å². The van der Waals surface area contributed by atoms with Gasteiger partial charge in [-0.1, -0.05) is 26.7 Å². The minimum Gasteiger partial charge on any atom is -0.382 e. The minimum atomic E-state index is -0.159. The normalized spacial score (nSPS) is 12.7. The Morgan fingerprint density at radius 1 is 1.24 bits per heavy atom. The Morgan fingerprint density at radius 3 is 2.48 bits per heavy atom. The van der Waals surface area contributed by atoms with Gasteiger partial charge in [0.2, 0.25) is 0 Å². The van der Waals surface area contributed by atoms with E-state index < -0.39 is 0 Å². The van der Waals surface area contributed by atoms with Crippen molar-refractivity contribution in [2.24, 2.45) is 5.92 Å². The van der Waals surface area contributed by atoms with Gasteiger partial charge in [0.25, 0.3) is 5.91 Å². The molecule has 0 spiro atoms. The maximum atomic E-state index is 12.2. The molecular formula is C15H28N4OS. The third-order valence-corrected chi connectivity index (χ3v) is 3.95. The molecule has 0 aliphatic carbocycles. The van der Waals surface area contributed by atoms with Gasteiger partial charge in [0.1, 0.15) is 10.6 Å². The number of rotatable bonds is 8. The largest absolute Gasteiger partial charge is 0.382 e. The summed E-state index contributed by atoms with van der Waals surface area (Å²) in [5.74, 6) is 0.867. The molecule has 1 aromatic heterocycles. The lowest BCUT2D eigenvalue weighted by molar-refractivity contribution is 0.0945. The van der Waals surface area contributed by atoms with Gasteiger partial charge >= 0.3 is 0 Å². The lowest BCUT2D eigenvalue weighted by Gasteiger charge is -2.16. The molecule has 1 unspecified atom stereocenters. The summed E-state index contributed by atoms with van der Waals surface area (Å²) < 4.78 is 4.10. The van der Waals surface area contributed by atoms with Crippen LogP contribution in [0.25, 0.3) is 0 Å². The van der Waals surface area contributed by atoms with Crippen molar-refractivity contribution >= 4 is 28.3 Å². The maximum absolute atomic E-state index is 12.2. The first kappa shape index (κ1) is 17.8. The minimum absolute atomic E-state index is 0.0770. The number of nitrogen functional groups attached to an aromatic ring is 1. The molecule has 0 aliphatic heterocycles. The van der Waals surface area contributed by atoms with E-state index in [1.165, 1.54) is 24.4 Å². The molecule has 4 N–H and O–H groups in total. The molecule has 0 saturated carbocycles. The van der Waals surface area contributed by atoms with E-state index in [0.717, 1.165) is 17.3 Å². The highest BCUT2D eigenvalue weighted by Crippen LogP contribution is 2.28. The maximum Gasteiger partial charge on any atom is 0.258 e. The highest BCUT2D eigenvalue weighted by molar-refractivity contribution is 7.11. The summed E-state index contributed by atoms with van der Waals surface area (Å²) in [5, 5.41) is 7.01. The predicted molar refractivity (Wildman–Crippen MR) is 90.9 cm³/mol. The second-order valence-electron chi connectivity index (χ2n) is 6.27. The van der Waals surface area contributed by atoms with Crippen molar-refractivity contribution in [1.82, 2.24) is 9.69 Å². The Labute approximate surface area is 131 Å². The van der Waals surface area contributed by atoms with E-state index >= 15 is 0 Å². The van der Waals surface area contributed by atoms with Crippen LogP contribution < -0.4 is 16.4 Å². The van der Waals surface area contributed by atoms with Crippen molar-refractivity contribution in [3.05, 3.63) is 5.56 Å². The van der Waals surface area contributed by atoms with Crippen LogP contribution in [-0.4, -0.2) is 22.4 Å². The van der Waals surface area contributed by atoms with Gasteiger partial charge in [-0.25, -0.2) is 0 Å². The highest BCUT2D eigenvalue weighted by atomic mass is 32.1. The molecule has 0 fully saturated rings. The molecular weight excluding hydrogens is 284 g/mol. The van der Waals surface area contributed by atoms with Crippen molar-refractivity contribution in [2.75, 3.05) is 11.1 Å². The van der Waals surface area contributed by atoms with Gasteiger partial charge in [-0.15, -0.1) is 0 Å². The standard InChI is InChI=1S/C15H28N4OS/c1-9(2)7-6-8-11(5)18-15-12(13(16)19-21-15)14(20)17-10(3)4/h9-11,18H,6-8H2,1-5H3,(H2,16,19)(H,17,20). The number of amides is 1. The number of hydrogen-bond donors (Lipinski definition) is 3. The number of anilines is 2. The summed E-state index contributed by atoms with van der Waals surface area (Å²) in [7, 11) is 0. The molecule has 0 aliphatic rings. The third-order valence-electron chi connectivity index (χ3n) is 3.16. The molecule has 0 saturated heterocycles. The number of nitrogens with two attached hydrogens (primary N) is 1. The van der Waals surface area contributed by atoms with E-state index in [2.05, 4.69) is 35.8 Å². The second kappa shape index (κ2) is 8.22. The first-order valence-electron chi connectivity index (χ1n) is 7.63. The highest BCUT2D eigenvalue weighted by Gasteiger charge is 2.20. The molecule has 0 bridgehead atoms. The molecule has 0 radical (unpaired) electrons. The van der Waals surface area contributed by atoms with Gasteiger partial charge in [-0.3, -0.25) is 4.79 Å². The van der Waals surface area contributed by atoms with E-state index in [0.29, 0.717) is 17.4 Å². The first-order chi connectivity index (χ1) is 9.81. The summed E-state index contributed by atoms with van der Waals surface area (Å²) >= 11 is 1.25. The molecule has 5 nitrogen and oxygen atoms in total. The Balaban J connectivity index is 2.65. The molecule has 1 amide bonds. The van der Waals surface area contributed by atoms with Crippen LogP contribution in [0.15, 0.2) is 0 Å². The Morgan fingerprint density at radius 2 is 1.90 bits per heavy atom. The van der Waals surface area contributed by atoms with Crippen LogP contribution in [0.2, 0.25) is 0 Å². The fourth-order valence-electron chi connectivity index (χ4n) is 2.08. The molecule has 1 aromatic rings. The van der Waals surface area contributed by atoms with E-state index in [1.807, 2.05) is 13.8 Å². The molecule has 1 atom stereocenters. The number of carbonyl (C=O) groups excluding carboxylic acids is 1. The van der Waals surface area contributed by atoms with Crippen LogP contribution in [0.3, 0.4) is 0 Å². The van der Waals surface area contributed by atoms with E-state index in [1.54, 1.807) is 0 Å². The van der Waals surface area contributed by atoms with Crippen LogP contribution >= 0.6 is 11.5 Å². The zero-order valence-electron chi connectivity index (χ0n) is 13.7.